The molecule has 2 aromatic carbocycles. The molecule has 1 heterocycles. The monoisotopic (exact) mass is 491 g/mol. The van der Waals surface area contributed by atoms with E-state index in [0.717, 1.165) is 14.9 Å². The van der Waals surface area contributed by atoms with Gasteiger partial charge in [-0.25, -0.2) is 18.1 Å². The van der Waals surface area contributed by atoms with Crippen molar-refractivity contribution < 1.29 is 17.9 Å². The van der Waals surface area contributed by atoms with Gasteiger partial charge in [-0.2, -0.15) is 0 Å². The van der Waals surface area contributed by atoms with Crippen molar-refractivity contribution in [3.63, 3.8) is 0 Å². The Morgan fingerprint density at radius 3 is 2.38 bits per heavy atom. The number of anilines is 1. The van der Waals surface area contributed by atoms with Crippen LogP contribution in [0.15, 0.2) is 62.0 Å². The highest BCUT2D eigenvalue weighted by molar-refractivity contribution is 8.01. The first-order valence-corrected chi connectivity index (χ1v) is 12.9. The largest absolute Gasteiger partial charge is 0.495 e. The van der Waals surface area contributed by atoms with Crippen LogP contribution < -0.4 is 14.8 Å². The van der Waals surface area contributed by atoms with E-state index >= 15 is 0 Å². The smallest absolute Gasteiger partial charge is 0.255 e. The number of thiazole rings is 1. The molecule has 1 aromatic heterocycles. The van der Waals surface area contributed by atoms with Gasteiger partial charge in [0.2, 0.25) is 10.0 Å². The van der Waals surface area contributed by atoms with Crippen molar-refractivity contribution in [3.05, 3.63) is 59.1 Å². The number of aromatic nitrogens is 1. The minimum atomic E-state index is -3.89. The Morgan fingerprint density at radius 2 is 1.81 bits per heavy atom. The van der Waals surface area contributed by atoms with Crippen molar-refractivity contribution >= 4 is 44.7 Å². The van der Waals surface area contributed by atoms with E-state index in [9.17, 15) is 13.2 Å². The summed E-state index contributed by atoms with van der Waals surface area (Å²) in [5.74, 6) is -0.257. The van der Waals surface area contributed by atoms with Crippen LogP contribution in [0.1, 0.15) is 36.8 Å². The Bertz CT molecular complexity index is 1210. The van der Waals surface area contributed by atoms with E-state index in [4.69, 9.17) is 4.74 Å². The Labute approximate surface area is 196 Å². The molecule has 32 heavy (non-hydrogen) atoms. The number of amides is 1. The van der Waals surface area contributed by atoms with Crippen LogP contribution >= 0.6 is 23.1 Å². The van der Waals surface area contributed by atoms with Crippen molar-refractivity contribution in [2.45, 2.75) is 47.4 Å². The number of carbonyl (C=O) groups excluding carboxylic acids is 1. The summed E-state index contributed by atoms with van der Waals surface area (Å²) < 4.78 is 34.4. The highest BCUT2D eigenvalue weighted by atomic mass is 32.2. The van der Waals surface area contributed by atoms with Crippen molar-refractivity contribution in [1.82, 2.24) is 9.71 Å². The molecule has 0 saturated carbocycles. The molecule has 0 spiro atoms. The van der Waals surface area contributed by atoms with Crippen molar-refractivity contribution in [2.24, 2.45) is 0 Å². The van der Waals surface area contributed by atoms with Crippen LogP contribution in [0.25, 0.3) is 0 Å². The second-order valence-corrected chi connectivity index (χ2v) is 11.9. The van der Waals surface area contributed by atoms with E-state index < -0.39 is 21.5 Å². The SMILES string of the molecule is COc1ccc(C(=O)Nc2ccc(Sc3nc(C)cs3)cc2)cc1S(=O)(=O)NC(C)(C)C. The third-order valence-corrected chi connectivity index (χ3v) is 7.91. The van der Waals surface area contributed by atoms with Gasteiger partial charge in [-0.05, 0) is 70.2 Å². The van der Waals surface area contributed by atoms with E-state index in [1.54, 1.807) is 56.0 Å². The average Bonchev–Trinajstić information content (AvgIpc) is 3.11. The van der Waals surface area contributed by atoms with Gasteiger partial charge in [0.25, 0.3) is 5.91 Å². The molecule has 0 saturated heterocycles. The number of aryl methyl sites for hydroxylation is 1. The van der Waals surface area contributed by atoms with E-state index in [-0.39, 0.29) is 16.2 Å². The molecule has 0 atom stereocenters. The van der Waals surface area contributed by atoms with Crippen LogP contribution in [0.4, 0.5) is 5.69 Å². The first-order chi connectivity index (χ1) is 15.0. The number of sulfonamides is 1. The molecule has 3 rings (SSSR count). The fourth-order valence-electron chi connectivity index (χ4n) is 2.78. The quantitative estimate of drug-likeness (QED) is 0.486. The zero-order valence-corrected chi connectivity index (χ0v) is 20.9. The van der Waals surface area contributed by atoms with Gasteiger partial charge in [-0.3, -0.25) is 4.79 Å². The molecule has 0 aliphatic heterocycles. The number of nitrogens with zero attached hydrogens (tertiary/aromatic N) is 1. The van der Waals surface area contributed by atoms with Crippen LogP contribution in [0.3, 0.4) is 0 Å². The average molecular weight is 492 g/mol. The fourth-order valence-corrected chi connectivity index (χ4v) is 6.20. The summed E-state index contributed by atoms with van der Waals surface area (Å²) in [6.45, 7) is 7.18. The molecule has 0 radical (unpaired) electrons. The molecular formula is C22H25N3O4S3. The Hall–Kier alpha value is -2.40. The molecule has 10 heteroatoms. The number of benzene rings is 2. The predicted molar refractivity (Wildman–Crippen MR) is 128 cm³/mol. The van der Waals surface area contributed by atoms with Gasteiger partial charge in [0.15, 0.2) is 4.34 Å². The molecule has 1 amide bonds. The second kappa shape index (κ2) is 9.62. The van der Waals surface area contributed by atoms with Gasteiger partial charge in [0.1, 0.15) is 10.6 Å². The van der Waals surface area contributed by atoms with Gasteiger partial charge in [0, 0.05) is 32.8 Å². The maximum Gasteiger partial charge on any atom is 0.255 e. The highest BCUT2D eigenvalue weighted by Crippen LogP contribution is 2.31. The first-order valence-electron chi connectivity index (χ1n) is 9.70. The highest BCUT2D eigenvalue weighted by Gasteiger charge is 2.26. The molecule has 0 fully saturated rings. The van der Waals surface area contributed by atoms with Gasteiger partial charge >= 0.3 is 0 Å². The van der Waals surface area contributed by atoms with Gasteiger partial charge < -0.3 is 10.1 Å². The summed E-state index contributed by atoms with van der Waals surface area (Å²) in [5.41, 5.74) is 1.11. The molecule has 3 aromatic rings. The van der Waals surface area contributed by atoms with E-state index in [1.165, 1.54) is 25.3 Å². The maximum absolute atomic E-state index is 12.8. The van der Waals surface area contributed by atoms with E-state index in [1.807, 2.05) is 24.4 Å². The first kappa shape index (κ1) is 24.2. The lowest BCUT2D eigenvalue weighted by Gasteiger charge is -2.21. The Balaban J connectivity index is 1.77. The molecule has 0 aliphatic carbocycles. The molecule has 0 bridgehead atoms. The van der Waals surface area contributed by atoms with Crippen molar-refractivity contribution in [1.29, 1.82) is 0 Å². The number of ether oxygens (including phenoxy) is 1. The van der Waals surface area contributed by atoms with Crippen LogP contribution in [0.5, 0.6) is 5.75 Å². The summed E-state index contributed by atoms with van der Waals surface area (Å²) >= 11 is 3.14. The third kappa shape index (κ3) is 6.32. The third-order valence-electron chi connectivity index (χ3n) is 4.07. The molecule has 0 aliphatic rings. The summed E-state index contributed by atoms with van der Waals surface area (Å²) in [6.07, 6.45) is 0. The summed E-state index contributed by atoms with van der Waals surface area (Å²) in [4.78, 5) is 18.1. The molecule has 7 nitrogen and oxygen atoms in total. The number of rotatable bonds is 7. The van der Waals surface area contributed by atoms with E-state index in [0.29, 0.717) is 5.69 Å². The van der Waals surface area contributed by atoms with Gasteiger partial charge in [0.05, 0.1) is 7.11 Å². The predicted octanol–water partition coefficient (Wildman–Crippen LogP) is 4.94. The zero-order valence-electron chi connectivity index (χ0n) is 18.4. The number of hydrogen-bond acceptors (Lipinski definition) is 7. The Morgan fingerprint density at radius 1 is 1.12 bits per heavy atom. The van der Waals surface area contributed by atoms with Gasteiger partial charge in [-0.15, -0.1) is 11.3 Å². The molecule has 2 N–H and O–H groups in total. The molecule has 0 unspecified atom stereocenters. The standard InChI is InChI=1S/C22H25N3O4S3/c1-14-13-30-21(23-14)31-17-9-7-16(8-10-17)24-20(26)15-6-11-18(29-5)19(12-15)32(27,28)25-22(2,3)4/h6-13,25H,1-5H3,(H,24,26). The van der Waals surface area contributed by atoms with Crippen molar-refractivity contribution in [3.8, 4) is 5.75 Å². The Kier molecular flexibility index (Phi) is 7.29. The number of carbonyl (C=O) groups is 1. The van der Waals surface area contributed by atoms with Crippen LogP contribution in [-0.4, -0.2) is 32.0 Å². The fraction of sp³-hybridized carbons (Fsp3) is 0.273. The molecule has 170 valence electrons. The summed E-state index contributed by atoms with van der Waals surface area (Å²) in [5, 5.41) is 4.80. The number of nitrogens with one attached hydrogen (secondary N) is 2. The summed E-state index contributed by atoms with van der Waals surface area (Å²) in [6, 6.07) is 11.7. The zero-order chi connectivity index (χ0) is 23.5. The minimum absolute atomic E-state index is 0.0898. The lowest BCUT2D eigenvalue weighted by atomic mass is 10.1. The lowest BCUT2D eigenvalue weighted by molar-refractivity contribution is 0.102. The normalized spacial score (nSPS) is 11.9. The number of hydrogen-bond donors (Lipinski definition) is 2. The van der Waals surface area contributed by atoms with Crippen molar-refractivity contribution in [2.75, 3.05) is 12.4 Å². The van der Waals surface area contributed by atoms with E-state index in [2.05, 4.69) is 15.0 Å². The van der Waals surface area contributed by atoms with Crippen LogP contribution in [0, 0.1) is 6.92 Å². The minimum Gasteiger partial charge on any atom is -0.495 e. The topological polar surface area (TPSA) is 97.4 Å². The van der Waals surface area contributed by atoms with Crippen LogP contribution in [-0.2, 0) is 10.0 Å². The lowest BCUT2D eigenvalue weighted by Crippen LogP contribution is -2.40. The second-order valence-electron chi connectivity index (χ2n) is 8.06. The van der Waals surface area contributed by atoms with Crippen LogP contribution in [0.2, 0.25) is 0 Å². The molecular weight excluding hydrogens is 466 g/mol. The summed E-state index contributed by atoms with van der Waals surface area (Å²) in [7, 11) is -2.50. The maximum atomic E-state index is 12.8. The van der Waals surface area contributed by atoms with Gasteiger partial charge in [-0.1, -0.05) is 11.8 Å². The number of methoxy groups -OCH3 is 1.